The van der Waals surface area contributed by atoms with E-state index < -0.39 is 5.91 Å². The molecule has 0 heterocycles. The first-order valence-corrected chi connectivity index (χ1v) is 5.31. The highest BCUT2D eigenvalue weighted by molar-refractivity contribution is 6.06. The number of rotatable bonds is 2. The van der Waals surface area contributed by atoms with Crippen LogP contribution in [0.15, 0.2) is 42.5 Å². The number of phenolic OH excluding ortho intramolecular Hbond substituents is 1. The van der Waals surface area contributed by atoms with Crippen molar-refractivity contribution in [1.82, 2.24) is 0 Å². The minimum atomic E-state index is -0.426. The van der Waals surface area contributed by atoms with Gasteiger partial charge in [-0.15, -0.1) is 0 Å². The molecule has 0 aromatic heterocycles. The summed E-state index contributed by atoms with van der Waals surface area (Å²) >= 11 is 0. The maximum atomic E-state index is 11.9. The normalized spacial score (nSPS) is 10.0. The van der Waals surface area contributed by atoms with Crippen molar-refractivity contribution in [3.05, 3.63) is 48.0 Å². The summed E-state index contributed by atoms with van der Waals surface area (Å²) in [5.74, 6) is -0.540. The predicted molar refractivity (Wildman–Crippen MR) is 71.3 cm³/mol. The molecule has 0 saturated carbocycles. The topological polar surface area (TPSA) is 101 Å². The number of carbonyl (C=O) groups excluding carboxylic acids is 1. The summed E-state index contributed by atoms with van der Waals surface area (Å²) in [6, 6.07) is 11.0. The Labute approximate surface area is 104 Å². The number of carbonyl (C=O) groups is 1. The molecule has 0 bridgehead atoms. The Kier molecular flexibility index (Phi) is 3.05. The molecule has 0 atom stereocenters. The molecule has 0 aliphatic carbocycles. The zero-order valence-electron chi connectivity index (χ0n) is 9.55. The van der Waals surface area contributed by atoms with Crippen molar-refractivity contribution in [2.75, 3.05) is 16.8 Å². The highest BCUT2D eigenvalue weighted by Crippen LogP contribution is 2.21. The molecule has 0 aliphatic heterocycles. The van der Waals surface area contributed by atoms with Gasteiger partial charge in [-0.05, 0) is 42.5 Å². The van der Waals surface area contributed by atoms with E-state index >= 15 is 0 Å². The molecule has 2 aromatic rings. The number of nitrogen functional groups attached to an aromatic ring is 2. The Morgan fingerprint density at radius 2 is 1.61 bits per heavy atom. The van der Waals surface area contributed by atoms with Gasteiger partial charge in [-0.2, -0.15) is 0 Å². The zero-order chi connectivity index (χ0) is 13.1. The number of aromatic hydroxyl groups is 1. The van der Waals surface area contributed by atoms with Crippen LogP contribution in [-0.2, 0) is 0 Å². The Hall–Kier alpha value is -2.69. The second-order valence-electron chi connectivity index (χ2n) is 3.85. The summed E-state index contributed by atoms with van der Waals surface area (Å²) < 4.78 is 0. The van der Waals surface area contributed by atoms with Crippen LogP contribution in [0.3, 0.4) is 0 Å². The van der Waals surface area contributed by atoms with Gasteiger partial charge in [0.2, 0.25) is 0 Å². The summed E-state index contributed by atoms with van der Waals surface area (Å²) in [6.07, 6.45) is 0. The summed E-state index contributed by atoms with van der Waals surface area (Å²) in [5, 5.41) is 12.2. The number of benzene rings is 2. The van der Waals surface area contributed by atoms with E-state index in [1.54, 1.807) is 24.3 Å². The lowest BCUT2D eigenvalue weighted by Gasteiger charge is -2.07. The van der Waals surface area contributed by atoms with Crippen LogP contribution >= 0.6 is 0 Å². The monoisotopic (exact) mass is 243 g/mol. The van der Waals surface area contributed by atoms with E-state index in [9.17, 15) is 9.90 Å². The maximum absolute atomic E-state index is 11.9. The third kappa shape index (κ3) is 2.52. The lowest BCUT2D eigenvalue weighted by Crippen LogP contribution is -2.12. The van der Waals surface area contributed by atoms with E-state index in [1.807, 2.05) is 0 Å². The summed E-state index contributed by atoms with van der Waals surface area (Å²) in [7, 11) is 0. The molecule has 18 heavy (non-hydrogen) atoms. The van der Waals surface area contributed by atoms with Gasteiger partial charge in [0.1, 0.15) is 5.75 Å². The second kappa shape index (κ2) is 4.67. The largest absolute Gasteiger partial charge is 0.507 e. The molecule has 0 radical (unpaired) electrons. The van der Waals surface area contributed by atoms with E-state index in [1.165, 1.54) is 18.2 Å². The van der Waals surface area contributed by atoms with Gasteiger partial charge in [0.15, 0.2) is 0 Å². The molecule has 5 nitrogen and oxygen atoms in total. The van der Waals surface area contributed by atoms with Crippen LogP contribution in [0.25, 0.3) is 0 Å². The van der Waals surface area contributed by atoms with Gasteiger partial charge in [0.25, 0.3) is 5.91 Å². The van der Waals surface area contributed by atoms with Crippen LogP contribution < -0.4 is 16.8 Å². The standard InChI is InChI=1S/C13H13N3O2/c14-8-1-4-10(5-2-8)16-13(18)11-7-9(15)3-6-12(11)17/h1-7,17H,14-15H2,(H,16,18). The second-order valence-corrected chi connectivity index (χ2v) is 3.85. The van der Waals surface area contributed by atoms with Gasteiger partial charge in [-0.1, -0.05) is 0 Å². The van der Waals surface area contributed by atoms with Crippen LogP contribution in [0, 0.1) is 0 Å². The van der Waals surface area contributed by atoms with E-state index in [4.69, 9.17) is 11.5 Å². The molecule has 92 valence electrons. The summed E-state index contributed by atoms with van der Waals surface area (Å²) in [5.41, 5.74) is 12.9. The molecule has 0 saturated heterocycles. The molecule has 0 unspecified atom stereocenters. The third-order valence-corrected chi connectivity index (χ3v) is 2.43. The summed E-state index contributed by atoms with van der Waals surface area (Å²) in [4.78, 5) is 11.9. The number of phenols is 1. The van der Waals surface area contributed by atoms with Crippen molar-refractivity contribution in [2.24, 2.45) is 0 Å². The molecule has 1 amide bonds. The van der Waals surface area contributed by atoms with Crippen LogP contribution in [0.4, 0.5) is 17.1 Å². The fourth-order valence-corrected chi connectivity index (χ4v) is 1.50. The van der Waals surface area contributed by atoms with Crippen LogP contribution in [0.5, 0.6) is 5.75 Å². The number of hydrogen-bond acceptors (Lipinski definition) is 4. The summed E-state index contributed by atoms with van der Waals surface area (Å²) in [6.45, 7) is 0. The van der Waals surface area contributed by atoms with Crippen molar-refractivity contribution < 1.29 is 9.90 Å². The van der Waals surface area contributed by atoms with E-state index in [-0.39, 0.29) is 11.3 Å². The Morgan fingerprint density at radius 1 is 1.00 bits per heavy atom. The van der Waals surface area contributed by atoms with Crippen molar-refractivity contribution >= 4 is 23.0 Å². The molecule has 5 heteroatoms. The quantitative estimate of drug-likeness (QED) is 0.477. The number of anilines is 3. The number of nitrogens with one attached hydrogen (secondary N) is 1. The Bertz CT molecular complexity index is 579. The average Bonchev–Trinajstić information content (AvgIpc) is 2.35. The highest BCUT2D eigenvalue weighted by atomic mass is 16.3. The number of hydrogen-bond donors (Lipinski definition) is 4. The first-order chi connectivity index (χ1) is 8.56. The van der Waals surface area contributed by atoms with E-state index in [0.717, 1.165) is 0 Å². The van der Waals surface area contributed by atoms with Gasteiger partial charge in [0, 0.05) is 17.1 Å². The van der Waals surface area contributed by atoms with Crippen LogP contribution in [0.2, 0.25) is 0 Å². The van der Waals surface area contributed by atoms with E-state index in [2.05, 4.69) is 5.32 Å². The molecule has 2 aromatic carbocycles. The molecule has 2 rings (SSSR count). The van der Waals surface area contributed by atoms with Gasteiger partial charge in [-0.25, -0.2) is 0 Å². The lowest BCUT2D eigenvalue weighted by atomic mass is 10.1. The molecule has 0 spiro atoms. The number of nitrogens with two attached hydrogens (primary N) is 2. The number of amides is 1. The molecular weight excluding hydrogens is 230 g/mol. The fraction of sp³-hybridized carbons (Fsp3) is 0. The van der Waals surface area contributed by atoms with Crippen LogP contribution in [-0.4, -0.2) is 11.0 Å². The Balaban J connectivity index is 2.21. The van der Waals surface area contributed by atoms with Gasteiger partial charge < -0.3 is 21.9 Å². The van der Waals surface area contributed by atoms with Crippen molar-refractivity contribution in [3.8, 4) is 5.75 Å². The minimum Gasteiger partial charge on any atom is -0.507 e. The molecule has 0 aliphatic rings. The molecule has 0 fully saturated rings. The van der Waals surface area contributed by atoms with Crippen molar-refractivity contribution in [3.63, 3.8) is 0 Å². The lowest BCUT2D eigenvalue weighted by molar-refractivity contribution is 0.102. The first-order valence-electron chi connectivity index (χ1n) is 5.31. The Morgan fingerprint density at radius 3 is 2.28 bits per heavy atom. The predicted octanol–water partition coefficient (Wildman–Crippen LogP) is 1.81. The minimum absolute atomic E-state index is 0.114. The third-order valence-electron chi connectivity index (χ3n) is 2.43. The van der Waals surface area contributed by atoms with Crippen molar-refractivity contribution in [2.45, 2.75) is 0 Å². The zero-order valence-corrected chi connectivity index (χ0v) is 9.55. The smallest absolute Gasteiger partial charge is 0.259 e. The highest BCUT2D eigenvalue weighted by Gasteiger charge is 2.11. The molecule has 6 N–H and O–H groups in total. The first kappa shape index (κ1) is 11.8. The van der Waals surface area contributed by atoms with Crippen molar-refractivity contribution in [1.29, 1.82) is 0 Å². The SMILES string of the molecule is Nc1ccc(NC(=O)c2cc(N)ccc2O)cc1. The van der Waals surface area contributed by atoms with Crippen LogP contribution in [0.1, 0.15) is 10.4 Å². The van der Waals surface area contributed by atoms with Gasteiger partial charge in [0.05, 0.1) is 5.56 Å². The van der Waals surface area contributed by atoms with Gasteiger partial charge >= 0.3 is 0 Å². The van der Waals surface area contributed by atoms with E-state index in [0.29, 0.717) is 17.1 Å². The average molecular weight is 243 g/mol. The molecular formula is C13H13N3O2. The van der Waals surface area contributed by atoms with Gasteiger partial charge in [-0.3, -0.25) is 4.79 Å². The maximum Gasteiger partial charge on any atom is 0.259 e. The fourth-order valence-electron chi connectivity index (χ4n) is 1.50.